The van der Waals surface area contributed by atoms with Crippen LogP contribution in [0, 0.1) is 0 Å². The van der Waals surface area contributed by atoms with E-state index in [9.17, 15) is 19.8 Å². The number of hydrogen-bond acceptors (Lipinski definition) is 5. The fraction of sp³-hybridized carbons (Fsp3) is 0.467. The van der Waals surface area contributed by atoms with Crippen LogP contribution in [0.4, 0.5) is 0 Å². The first-order valence-electron chi connectivity index (χ1n) is 7.11. The normalized spacial score (nSPS) is 25.7. The van der Waals surface area contributed by atoms with E-state index in [-0.39, 0.29) is 31.0 Å². The molecule has 6 heteroatoms. The lowest BCUT2D eigenvalue weighted by Gasteiger charge is -2.26. The van der Waals surface area contributed by atoms with E-state index in [0.29, 0.717) is 30.6 Å². The van der Waals surface area contributed by atoms with Crippen LogP contribution in [0.25, 0.3) is 0 Å². The third-order valence-electron chi connectivity index (χ3n) is 4.30. The Kier molecular flexibility index (Phi) is 3.75. The third-order valence-corrected chi connectivity index (χ3v) is 4.30. The third kappa shape index (κ3) is 2.35. The highest BCUT2D eigenvalue weighted by Gasteiger charge is 2.37. The number of carbonyl (C=O) groups excluding carboxylic acids is 2. The summed E-state index contributed by atoms with van der Waals surface area (Å²) in [7, 11) is 0. The number of amides is 2. The molecule has 6 nitrogen and oxygen atoms in total. The van der Waals surface area contributed by atoms with Crippen molar-refractivity contribution >= 4 is 11.8 Å². The van der Waals surface area contributed by atoms with Crippen LogP contribution >= 0.6 is 0 Å². The van der Waals surface area contributed by atoms with Crippen molar-refractivity contribution in [1.29, 1.82) is 0 Å². The molecule has 2 heterocycles. The number of benzene rings is 1. The summed E-state index contributed by atoms with van der Waals surface area (Å²) in [6, 6.07) is 6.50. The van der Waals surface area contributed by atoms with Gasteiger partial charge in [0.2, 0.25) is 0 Å². The second-order valence-electron chi connectivity index (χ2n) is 5.45. The van der Waals surface area contributed by atoms with E-state index in [2.05, 4.69) is 0 Å². The van der Waals surface area contributed by atoms with Crippen molar-refractivity contribution in [1.82, 2.24) is 9.80 Å². The van der Waals surface area contributed by atoms with Crippen LogP contribution in [0.5, 0.6) is 0 Å². The number of hydrogen-bond donors (Lipinski definition) is 2. The van der Waals surface area contributed by atoms with Gasteiger partial charge in [-0.1, -0.05) is 12.1 Å². The summed E-state index contributed by atoms with van der Waals surface area (Å²) in [5.41, 5.74) is 0.894. The quantitative estimate of drug-likeness (QED) is 0.745. The molecular formula is C15H18N2O4. The largest absolute Gasteiger partial charge is 0.395 e. The van der Waals surface area contributed by atoms with Gasteiger partial charge < -0.3 is 10.2 Å². The highest BCUT2D eigenvalue weighted by Crippen LogP contribution is 2.23. The lowest BCUT2D eigenvalue weighted by Crippen LogP contribution is -2.43. The van der Waals surface area contributed by atoms with Gasteiger partial charge in [-0.2, -0.15) is 0 Å². The molecule has 1 saturated heterocycles. The van der Waals surface area contributed by atoms with Crippen molar-refractivity contribution in [3.05, 3.63) is 35.4 Å². The SMILES string of the molecule is O=C1c2ccccc2C(=O)N1CCN1CC[C@@H](O)[C@H]1CO. The van der Waals surface area contributed by atoms with Crippen molar-refractivity contribution in [3.63, 3.8) is 0 Å². The Bertz CT molecular complexity index is 540. The van der Waals surface area contributed by atoms with Crippen molar-refractivity contribution < 1.29 is 19.8 Å². The van der Waals surface area contributed by atoms with E-state index in [4.69, 9.17) is 0 Å². The van der Waals surface area contributed by atoms with E-state index in [1.165, 1.54) is 4.90 Å². The predicted molar refractivity (Wildman–Crippen MR) is 74.9 cm³/mol. The van der Waals surface area contributed by atoms with Crippen molar-refractivity contribution in [2.75, 3.05) is 26.2 Å². The maximum atomic E-state index is 12.2. The maximum Gasteiger partial charge on any atom is 0.261 e. The van der Waals surface area contributed by atoms with E-state index in [1.54, 1.807) is 24.3 Å². The summed E-state index contributed by atoms with van der Waals surface area (Å²) in [6.07, 6.45) is 0.0602. The zero-order valence-corrected chi connectivity index (χ0v) is 11.6. The molecule has 2 atom stereocenters. The van der Waals surface area contributed by atoms with E-state index in [0.717, 1.165) is 0 Å². The molecule has 0 radical (unpaired) electrons. The van der Waals surface area contributed by atoms with Crippen LogP contribution in [0.15, 0.2) is 24.3 Å². The van der Waals surface area contributed by atoms with Gasteiger partial charge in [0.25, 0.3) is 11.8 Å². The van der Waals surface area contributed by atoms with E-state index >= 15 is 0 Å². The average Bonchev–Trinajstić information content (AvgIpc) is 2.97. The number of imide groups is 1. The van der Waals surface area contributed by atoms with Crippen molar-refractivity contribution in [2.24, 2.45) is 0 Å². The fourth-order valence-electron chi connectivity index (χ4n) is 3.09. The predicted octanol–water partition coefficient (Wildman–Crippen LogP) is -0.290. The van der Waals surface area contributed by atoms with Gasteiger partial charge in [0.05, 0.1) is 29.9 Å². The maximum absolute atomic E-state index is 12.2. The number of aliphatic hydroxyl groups excluding tert-OH is 2. The lowest BCUT2D eigenvalue weighted by molar-refractivity contribution is 0.0555. The molecule has 0 unspecified atom stereocenters. The summed E-state index contributed by atoms with van der Waals surface area (Å²) in [6.45, 7) is 1.28. The van der Waals surface area contributed by atoms with Gasteiger partial charge in [-0.3, -0.25) is 19.4 Å². The molecule has 1 aromatic rings. The molecule has 0 spiro atoms. The minimum absolute atomic E-state index is 0.122. The zero-order chi connectivity index (χ0) is 15.0. The Morgan fingerprint density at radius 1 is 1.10 bits per heavy atom. The second kappa shape index (κ2) is 5.55. The molecular weight excluding hydrogens is 272 g/mol. The molecule has 1 fully saturated rings. The molecule has 3 rings (SSSR count). The van der Waals surface area contributed by atoms with Crippen molar-refractivity contribution in [2.45, 2.75) is 18.6 Å². The lowest BCUT2D eigenvalue weighted by atomic mass is 10.1. The molecule has 2 aliphatic rings. The monoisotopic (exact) mass is 290 g/mol. The molecule has 2 N–H and O–H groups in total. The smallest absolute Gasteiger partial charge is 0.261 e. The zero-order valence-electron chi connectivity index (χ0n) is 11.6. The summed E-state index contributed by atoms with van der Waals surface area (Å²) in [5.74, 6) is -0.535. The summed E-state index contributed by atoms with van der Waals surface area (Å²) in [5, 5.41) is 19.0. The molecule has 0 saturated carbocycles. The van der Waals surface area contributed by atoms with E-state index in [1.807, 2.05) is 4.90 Å². The number of carbonyl (C=O) groups is 2. The number of likely N-dealkylation sites (tertiary alicyclic amines) is 1. The van der Waals surface area contributed by atoms with Crippen LogP contribution in [-0.2, 0) is 0 Å². The van der Waals surface area contributed by atoms with Crippen molar-refractivity contribution in [3.8, 4) is 0 Å². The average molecular weight is 290 g/mol. The standard InChI is InChI=1S/C15H18N2O4/c18-9-12-13(19)5-6-16(12)7-8-17-14(20)10-3-1-2-4-11(10)15(17)21/h1-4,12-13,18-19H,5-9H2/t12-,13-/m1/s1. The fourth-order valence-corrected chi connectivity index (χ4v) is 3.09. The highest BCUT2D eigenvalue weighted by molar-refractivity contribution is 6.21. The number of rotatable bonds is 4. The van der Waals surface area contributed by atoms with Crippen LogP contribution in [0.1, 0.15) is 27.1 Å². The molecule has 112 valence electrons. The Labute approximate surface area is 122 Å². The second-order valence-corrected chi connectivity index (χ2v) is 5.45. The minimum atomic E-state index is -0.544. The molecule has 1 aromatic carbocycles. The van der Waals surface area contributed by atoms with Gasteiger partial charge in [0, 0.05) is 19.6 Å². The number of aliphatic hydroxyl groups is 2. The van der Waals surface area contributed by atoms with Gasteiger partial charge in [-0.25, -0.2) is 0 Å². The van der Waals surface area contributed by atoms with Gasteiger partial charge in [-0.05, 0) is 18.6 Å². The molecule has 2 amide bonds. The Morgan fingerprint density at radius 2 is 1.71 bits per heavy atom. The first-order valence-corrected chi connectivity index (χ1v) is 7.11. The van der Waals surface area contributed by atoms with Crippen LogP contribution in [0.3, 0.4) is 0 Å². The van der Waals surface area contributed by atoms with Gasteiger partial charge >= 0.3 is 0 Å². The van der Waals surface area contributed by atoms with Crippen LogP contribution in [-0.4, -0.2) is 70.2 Å². The van der Waals surface area contributed by atoms with Gasteiger partial charge in [-0.15, -0.1) is 0 Å². The van der Waals surface area contributed by atoms with Crippen LogP contribution in [0.2, 0.25) is 0 Å². The number of nitrogens with zero attached hydrogens (tertiary/aromatic N) is 2. The highest BCUT2D eigenvalue weighted by atomic mass is 16.3. The molecule has 2 aliphatic heterocycles. The summed E-state index contributed by atoms with van der Waals surface area (Å²) >= 11 is 0. The van der Waals surface area contributed by atoms with Gasteiger partial charge in [0.1, 0.15) is 0 Å². The Hall–Kier alpha value is -1.76. The first-order chi connectivity index (χ1) is 10.1. The van der Waals surface area contributed by atoms with Crippen LogP contribution < -0.4 is 0 Å². The van der Waals surface area contributed by atoms with E-state index < -0.39 is 6.10 Å². The number of fused-ring (bicyclic) bond motifs is 1. The topological polar surface area (TPSA) is 81.1 Å². The Morgan fingerprint density at radius 3 is 2.29 bits per heavy atom. The Balaban J connectivity index is 1.68. The first kappa shape index (κ1) is 14.2. The van der Waals surface area contributed by atoms with Gasteiger partial charge in [0.15, 0.2) is 0 Å². The minimum Gasteiger partial charge on any atom is -0.395 e. The molecule has 0 aromatic heterocycles. The molecule has 0 aliphatic carbocycles. The summed E-state index contributed by atoms with van der Waals surface area (Å²) in [4.78, 5) is 27.6. The molecule has 0 bridgehead atoms. The molecule has 21 heavy (non-hydrogen) atoms. The summed E-state index contributed by atoms with van der Waals surface area (Å²) < 4.78 is 0.